The Morgan fingerprint density at radius 2 is 1.61 bits per heavy atom. The summed E-state index contributed by atoms with van der Waals surface area (Å²) in [5.41, 5.74) is 0.128. The summed E-state index contributed by atoms with van der Waals surface area (Å²) < 4.78 is 50.9. The number of ether oxygens (including phenoxy) is 2. The number of benzene rings is 2. The van der Waals surface area contributed by atoms with Crippen molar-refractivity contribution in [2.45, 2.75) is 25.4 Å². The number of alkyl halides is 3. The van der Waals surface area contributed by atoms with Gasteiger partial charge in [-0.1, -0.05) is 12.1 Å². The van der Waals surface area contributed by atoms with Gasteiger partial charge in [-0.15, -0.1) is 0 Å². The summed E-state index contributed by atoms with van der Waals surface area (Å²) in [6.45, 7) is 0.0844. The number of carbonyl (C=O) groups is 1. The highest BCUT2D eigenvalue weighted by Gasteiger charge is 2.34. The van der Waals surface area contributed by atoms with Gasteiger partial charge in [0.2, 0.25) is 0 Å². The first-order valence-corrected chi connectivity index (χ1v) is 8.78. The van der Waals surface area contributed by atoms with Gasteiger partial charge in [-0.05, 0) is 67.3 Å². The van der Waals surface area contributed by atoms with Crippen molar-refractivity contribution in [3.63, 3.8) is 0 Å². The fraction of sp³-hybridized carbons (Fsp3) is 0.286. The third-order valence-electron chi connectivity index (χ3n) is 3.78. The summed E-state index contributed by atoms with van der Waals surface area (Å²) in [7, 11) is 0. The molecule has 0 saturated carbocycles. The molecule has 1 N–H and O–H groups in total. The summed E-state index contributed by atoms with van der Waals surface area (Å²) in [4.78, 5) is 10.5. The van der Waals surface area contributed by atoms with Crippen LogP contribution < -0.4 is 9.47 Å². The Morgan fingerprint density at radius 1 is 0.964 bits per heavy atom. The van der Waals surface area contributed by atoms with Crippen LogP contribution in [0.3, 0.4) is 0 Å². The molecule has 0 atom stereocenters. The number of unbranched alkanes of at least 4 members (excludes halogenated alkanes) is 2. The Kier molecular flexibility index (Phi) is 7.92. The minimum Gasteiger partial charge on any atom is -0.494 e. The molecular weight excluding hydrogens is 373 g/mol. The lowest BCUT2D eigenvalue weighted by molar-refractivity contribution is -0.185. The number of hydrogen-bond acceptors (Lipinski definition) is 3. The summed E-state index contributed by atoms with van der Waals surface area (Å²) in [6.07, 6.45) is 0.633. The standard InChI is InChI=1S/C21H21F3O4/c22-14-2-1-3-15-27-18-9-11-19(12-10-18)28-21(23,24)17-7-4-16(5-8-17)6-13-20(25)26/h4-13H,1-3,14-15H2,(H,25,26)/b13-6+. The van der Waals surface area contributed by atoms with Crippen LogP contribution in [-0.2, 0) is 10.9 Å². The first-order chi connectivity index (χ1) is 13.4. The van der Waals surface area contributed by atoms with Crippen LogP contribution >= 0.6 is 0 Å². The number of carboxylic acid groups (broad SMARTS) is 1. The van der Waals surface area contributed by atoms with Gasteiger partial charge in [0.25, 0.3) is 0 Å². The van der Waals surface area contributed by atoms with Crippen LogP contribution in [-0.4, -0.2) is 24.4 Å². The normalized spacial score (nSPS) is 11.5. The SMILES string of the molecule is O=C(O)/C=C/c1ccc(C(F)(F)Oc2ccc(OCCCCCF)cc2)cc1. The molecule has 4 nitrogen and oxygen atoms in total. The molecule has 0 amide bonds. The third-order valence-corrected chi connectivity index (χ3v) is 3.78. The fourth-order valence-corrected chi connectivity index (χ4v) is 2.33. The number of rotatable bonds is 11. The zero-order chi connectivity index (χ0) is 20.4. The number of aliphatic carboxylic acids is 1. The van der Waals surface area contributed by atoms with Crippen molar-refractivity contribution < 1.29 is 32.5 Å². The van der Waals surface area contributed by atoms with E-state index in [0.29, 0.717) is 24.3 Å². The van der Waals surface area contributed by atoms with Crippen LogP contribution in [0.15, 0.2) is 54.6 Å². The highest BCUT2D eigenvalue weighted by Crippen LogP contribution is 2.32. The van der Waals surface area contributed by atoms with E-state index in [1.807, 2.05) is 0 Å². The minimum absolute atomic E-state index is 0.0235. The predicted octanol–water partition coefficient (Wildman–Crippen LogP) is 5.43. The van der Waals surface area contributed by atoms with E-state index in [4.69, 9.17) is 14.6 Å². The molecule has 0 bridgehead atoms. The smallest absolute Gasteiger partial charge is 0.426 e. The maximum atomic E-state index is 14.3. The molecule has 0 fully saturated rings. The van der Waals surface area contributed by atoms with E-state index < -0.39 is 12.1 Å². The topological polar surface area (TPSA) is 55.8 Å². The Hall–Kier alpha value is -2.96. The third kappa shape index (κ3) is 6.98. The molecule has 150 valence electrons. The van der Waals surface area contributed by atoms with Crippen molar-refractivity contribution in [2.75, 3.05) is 13.3 Å². The molecule has 28 heavy (non-hydrogen) atoms. The molecular formula is C21H21F3O4. The summed E-state index contributed by atoms with van der Waals surface area (Å²) in [5, 5.41) is 8.57. The largest absolute Gasteiger partial charge is 0.494 e. The number of carboxylic acids is 1. The maximum absolute atomic E-state index is 14.3. The molecule has 0 unspecified atom stereocenters. The molecule has 2 aromatic carbocycles. The van der Waals surface area contributed by atoms with Crippen LogP contribution in [0, 0.1) is 0 Å². The first-order valence-electron chi connectivity index (χ1n) is 8.78. The second-order valence-corrected chi connectivity index (χ2v) is 5.98. The van der Waals surface area contributed by atoms with Gasteiger partial charge in [0, 0.05) is 6.08 Å². The van der Waals surface area contributed by atoms with E-state index in [1.165, 1.54) is 54.6 Å². The molecule has 0 radical (unpaired) electrons. The van der Waals surface area contributed by atoms with Gasteiger partial charge in [0.05, 0.1) is 18.8 Å². The second kappa shape index (κ2) is 10.4. The van der Waals surface area contributed by atoms with Crippen molar-refractivity contribution in [1.82, 2.24) is 0 Å². The van der Waals surface area contributed by atoms with E-state index in [9.17, 15) is 18.0 Å². The lowest BCUT2D eigenvalue weighted by atomic mass is 10.1. The summed E-state index contributed by atoms with van der Waals surface area (Å²) in [6, 6.07) is 10.9. The van der Waals surface area contributed by atoms with Crippen LogP contribution in [0.1, 0.15) is 30.4 Å². The van der Waals surface area contributed by atoms with Crippen molar-refractivity contribution in [3.8, 4) is 11.5 Å². The second-order valence-electron chi connectivity index (χ2n) is 5.98. The predicted molar refractivity (Wildman–Crippen MR) is 99.4 cm³/mol. The average molecular weight is 394 g/mol. The van der Waals surface area contributed by atoms with Crippen molar-refractivity contribution in [3.05, 3.63) is 65.7 Å². The van der Waals surface area contributed by atoms with Gasteiger partial charge in [-0.25, -0.2) is 4.79 Å². The molecule has 0 saturated heterocycles. The quantitative estimate of drug-likeness (QED) is 0.408. The van der Waals surface area contributed by atoms with E-state index in [-0.39, 0.29) is 18.0 Å². The van der Waals surface area contributed by atoms with Crippen LogP contribution in [0.25, 0.3) is 6.08 Å². The maximum Gasteiger partial charge on any atom is 0.426 e. The van der Waals surface area contributed by atoms with Gasteiger partial charge in [0.1, 0.15) is 11.5 Å². The molecule has 7 heteroatoms. The van der Waals surface area contributed by atoms with Crippen LogP contribution in [0.4, 0.5) is 13.2 Å². The zero-order valence-electron chi connectivity index (χ0n) is 15.1. The van der Waals surface area contributed by atoms with Gasteiger partial charge in [0.15, 0.2) is 0 Å². The summed E-state index contributed by atoms with van der Waals surface area (Å²) >= 11 is 0. The van der Waals surface area contributed by atoms with Gasteiger partial charge in [-0.2, -0.15) is 8.78 Å². The molecule has 2 aromatic rings. The molecule has 2 rings (SSSR count). The first kappa shape index (κ1) is 21.3. The van der Waals surface area contributed by atoms with Crippen molar-refractivity contribution in [1.29, 1.82) is 0 Å². The zero-order valence-corrected chi connectivity index (χ0v) is 15.1. The number of hydrogen-bond donors (Lipinski definition) is 1. The minimum atomic E-state index is -3.55. The van der Waals surface area contributed by atoms with E-state index in [2.05, 4.69) is 0 Å². The molecule has 0 spiro atoms. The Balaban J connectivity index is 1.93. The van der Waals surface area contributed by atoms with Crippen LogP contribution in [0.2, 0.25) is 0 Å². The van der Waals surface area contributed by atoms with E-state index >= 15 is 0 Å². The highest BCUT2D eigenvalue weighted by molar-refractivity contribution is 5.85. The Morgan fingerprint density at radius 3 is 2.21 bits per heavy atom. The lowest BCUT2D eigenvalue weighted by Gasteiger charge is -2.18. The van der Waals surface area contributed by atoms with Crippen molar-refractivity contribution >= 4 is 12.0 Å². The average Bonchev–Trinajstić information content (AvgIpc) is 2.67. The van der Waals surface area contributed by atoms with Crippen molar-refractivity contribution in [2.24, 2.45) is 0 Å². The molecule has 0 aliphatic heterocycles. The summed E-state index contributed by atoms with van der Waals surface area (Å²) in [5.74, 6) is -0.625. The highest BCUT2D eigenvalue weighted by atomic mass is 19.3. The Labute approximate surface area is 161 Å². The lowest BCUT2D eigenvalue weighted by Crippen LogP contribution is -2.21. The molecule has 0 heterocycles. The van der Waals surface area contributed by atoms with Gasteiger partial charge < -0.3 is 14.6 Å². The fourth-order valence-electron chi connectivity index (χ4n) is 2.33. The van der Waals surface area contributed by atoms with Gasteiger partial charge in [-0.3, -0.25) is 4.39 Å². The number of halogens is 3. The molecule has 0 aliphatic carbocycles. The monoisotopic (exact) mass is 394 g/mol. The van der Waals surface area contributed by atoms with Gasteiger partial charge >= 0.3 is 12.1 Å². The van der Waals surface area contributed by atoms with E-state index in [1.54, 1.807) is 0 Å². The molecule has 0 aliphatic rings. The molecule has 0 aromatic heterocycles. The Bertz CT molecular complexity index is 771. The van der Waals surface area contributed by atoms with Crippen LogP contribution in [0.5, 0.6) is 11.5 Å². The van der Waals surface area contributed by atoms with E-state index in [0.717, 1.165) is 18.9 Å².